The van der Waals surface area contributed by atoms with Crippen molar-refractivity contribution in [3.05, 3.63) is 76.3 Å². The fourth-order valence-corrected chi connectivity index (χ4v) is 10.3. The SMILES string of the molecule is CCCN1/C(=C/C=C/C2=[N+](CCCS(=O)(=O)O)c3c(ccc4sccc34)C2(C)C)C(C)(C)c2cc(C(=O)O)c3sc(S(=O)(=O)O)cc3c21. The number of rotatable bonds is 10. The molecule has 3 N–H and O–H groups in total. The van der Waals surface area contributed by atoms with Crippen molar-refractivity contribution in [1.82, 2.24) is 0 Å². The van der Waals surface area contributed by atoms with Crippen LogP contribution in [0, 0.1) is 0 Å². The summed E-state index contributed by atoms with van der Waals surface area (Å²) in [6.45, 7) is 11.3. The smallest absolute Gasteiger partial charge is 0.337 e. The molecule has 0 saturated carbocycles. The lowest BCUT2D eigenvalue weighted by Gasteiger charge is -2.26. The topological polar surface area (TPSA) is 152 Å². The fraction of sp³-hybridized carbons (Fsp3) is 0.353. The molecule has 48 heavy (non-hydrogen) atoms. The second-order valence-electron chi connectivity index (χ2n) is 13.2. The van der Waals surface area contributed by atoms with Gasteiger partial charge in [0.05, 0.1) is 32.5 Å². The second-order valence-corrected chi connectivity index (χ2v) is 18.4. The van der Waals surface area contributed by atoms with Crippen LogP contribution >= 0.6 is 22.7 Å². The molecule has 14 heteroatoms. The highest BCUT2D eigenvalue weighted by Gasteiger charge is 2.46. The fourth-order valence-electron chi connectivity index (χ4n) is 7.16. The van der Waals surface area contributed by atoms with Gasteiger partial charge in [0.1, 0.15) is 10.8 Å². The molecule has 4 heterocycles. The Labute approximate surface area is 287 Å². The highest BCUT2D eigenvalue weighted by atomic mass is 32.3. The van der Waals surface area contributed by atoms with E-state index < -0.39 is 37.0 Å². The van der Waals surface area contributed by atoms with Crippen molar-refractivity contribution in [2.75, 3.05) is 23.7 Å². The molecular weight excluding hydrogens is 693 g/mol. The van der Waals surface area contributed by atoms with Crippen LogP contribution in [0.25, 0.3) is 20.2 Å². The van der Waals surface area contributed by atoms with Gasteiger partial charge >= 0.3 is 16.1 Å². The van der Waals surface area contributed by atoms with Gasteiger partial charge in [-0.1, -0.05) is 26.8 Å². The maximum absolute atomic E-state index is 12.4. The summed E-state index contributed by atoms with van der Waals surface area (Å²) in [4.78, 5) is 14.5. The minimum absolute atomic E-state index is 0.0220. The summed E-state index contributed by atoms with van der Waals surface area (Å²) in [7, 11) is -8.69. The predicted molar refractivity (Wildman–Crippen MR) is 192 cm³/mol. The van der Waals surface area contributed by atoms with E-state index in [0.29, 0.717) is 18.5 Å². The monoisotopic (exact) mass is 729 g/mol. The van der Waals surface area contributed by atoms with E-state index in [1.165, 1.54) is 6.07 Å². The van der Waals surface area contributed by atoms with Crippen molar-refractivity contribution in [3.8, 4) is 0 Å². The third-order valence-corrected chi connectivity index (χ3v) is 13.5. The molecule has 0 radical (unpaired) electrons. The average Bonchev–Trinajstić information content (AvgIpc) is 3.72. The first-order valence-corrected chi connectivity index (χ1v) is 20.2. The van der Waals surface area contributed by atoms with Gasteiger partial charge in [-0.25, -0.2) is 4.79 Å². The number of thiophene rings is 2. The zero-order chi connectivity index (χ0) is 35.0. The van der Waals surface area contributed by atoms with Gasteiger partial charge < -0.3 is 10.0 Å². The Morgan fingerprint density at radius 3 is 2.38 bits per heavy atom. The normalized spacial score (nSPS) is 18.1. The summed E-state index contributed by atoms with van der Waals surface area (Å²) in [6.07, 6.45) is 6.98. The van der Waals surface area contributed by atoms with Crippen LogP contribution in [0.5, 0.6) is 0 Å². The van der Waals surface area contributed by atoms with Gasteiger partial charge in [-0.2, -0.15) is 21.4 Å². The molecule has 0 saturated heterocycles. The molecule has 0 atom stereocenters. The van der Waals surface area contributed by atoms with Gasteiger partial charge in [0, 0.05) is 45.8 Å². The molecule has 0 aliphatic carbocycles. The number of aromatic carboxylic acids is 1. The van der Waals surface area contributed by atoms with Crippen LogP contribution in [0.15, 0.2) is 63.8 Å². The minimum atomic E-state index is -4.56. The Hall–Kier alpha value is -3.40. The van der Waals surface area contributed by atoms with E-state index in [0.717, 1.165) is 61.8 Å². The lowest BCUT2D eigenvalue weighted by atomic mass is 9.80. The molecule has 0 fully saturated rings. The Morgan fingerprint density at radius 2 is 1.73 bits per heavy atom. The first-order valence-electron chi connectivity index (χ1n) is 15.5. The molecule has 2 aromatic heterocycles. The molecule has 10 nitrogen and oxygen atoms in total. The van der Waals surface area contributed by atoms with Crippen LogP contribution in [0.3, 0.4) is 0 Å². The van der Waals surface area contributed by atoms with E-state index in [1.54, 1.807) is 17.4 Å². The van der Waals surface area contributed by atoms with Crippen LogP contribution in [0.1, 0.15) is 68.9 Å². The second kappa shape index (κ2) is 11.9. The molecule has 0 amide bonds. The number of carboxylic acid groups (broad SMARTS) is 1. The number of carboxylic acids is 1. The van der Waals surface area contributed by atoms with Gasteiger partial charge in [-0.15, -0.1) is 22.7 Å². The highest BCUT2D eigenvalue weighted by molar-refractivity contribution is 7.88. The summed E-state index contributed by atoms with van der Waals surface area (Å²) in [5, 5.41) is 13.7. The van der Waals surface area contributed by atoms with Crippen molar-refractivity contribution in [3.63, 3.8) is 0 Å². The third-order valence-electron chi connectivity index (χ3n) is 9.33. The van der Waals surface area contributed by atoms with Crippen molar-refractivity contribution >= 4 is 86.1 Å². The Kier molecular flexibility index (Phi) is 8.53. The zero-order valence-electron chi connectivity index (χ0n) is 27.1. The van der Waals surface area contributed by atoms with E-state index in [2.05, 4.69) is 41.5 Å². The van der Waals surface area contributed by atoms with Crippen molar-refractivity contribution in [1.29, 1.82) is 0 Å². The molecule has 2 aliphatic heterocycles. The van der Waals surface area contributed by atoms with Crippen LogP contribution in [-0.4, -0.2) is 66.1 Å². The standard InChI is InChI=1S/C34H36N2O8S4/c1-6-14-35-27(34(4,5)24-18-22(32(37)38)31-21(30(24)35)19-28(46-31)48(42,43)44)10-7-9-26-33(2,3)23-11-12-25-20(13-16-45-25)29(23)36(26)15-8-17-47(39,40)41/h7,9-13,16,18-19H,6,8,14-15,17H2,1-5H3,(H2-,37,38,39,40,41,42,43,44)/p+1. The van der Waals surface area contributed by atoms with Gasteiger partial charge in [0.25, 0.3) is 10.1 Å². The molecular formula is C34H37N2O8S4+. The summed E-state index contributed by atoms with van der Waals surface area (Å²) >= 11 is 2.38. The van der Waals surface area contributed by atoms with E-state index in [-0.39, 0.29) is 26.6 Å². The van der Waals surface area contributed by atoms with Crippen molar-refractivity contribution < 1.29 is 40.4 Å². The van der Waals surface area contributed by atoms with Crippen LogP contribution < -0.4 is 4.90 Å². The summed E-state index contributed by atoms with van der Waals surface area (Å²) in [5.74, 6) is -1.54. The van der Waals surface area contributed by atoms with Gasteiger partial charge in [-0.3, -0.25) is 9.11 Å². The molecule has 2 aromatic carbocycles. The number of fused-ring (bicyclic) bond motifs is 6. The van der Waals surface area contributed by atoms with E-state index >= 15 is 0 Å². The number of allylic oxidation sites excluding steroid dienone is 4. The molecule has 2 aliphatic rings. The number of benzene rings is 2. The molecule has 0 bridgehead atoms. The van der Waals surface area contributed by atoms with E-state index in [1.807, 2.05) is 44.4 Å². The number of hydrogen-bond donors (Lipinski definition) is 3. The maximum Gasteiger partial charge on any atom is 0.337 e. The molecule has 254 valence electrons. The summed E-state index contributed by atoms with van der Waals surface area (Å²) in [6, 6.07) is 9.28. The van der Waals surface area contributed by atoms with Gasteiger partial charge in [0.15, 0.2) is 5.71 Å². The molecule has 6 rings (SSSR count). The van der Waals surface area contributed by atoms with Crippen molar-refractivity contribution in [2.45, 2.75) is 62.5 Å². The maximum atomic E-state index is 12.4. The van der Waals surface area contributed by atoms with E-state index in [4.69, 9.17) is 0 Å². The largest absolute Gasteiger partial charge is 0.478 e. The van der Waals surface area contributed by atoms with Crippen molar-refractivity contribution in [2.24, 2.45) is 0 Å². The number of nitrogens with zero attached hydrogens (tertiary/aromatic N) is 2. The number of carbonyl (C=O) groups is 1. The average molecular weight is 730 g/mol. The van der Waals surface area contributed by atoms with Crippen LogP contribution in [0.2, 0.25) is 0 Å². The summed E-state index contributed by atoms with van der Waals surface area (Å²) in [5.41, 5.74) is 4.35. The third kappa shape index (κ3) is 5.71. The summed E-state index contributed by atoms with van der Waals surface area (Å²) < 4.78 is 70.0. The highest BCUT2D eigenvalue weighted by Crippen LogP contribution is 2.53. The van der Waals surface area contributed by atoms with Gasteiger partial charge in [-0.05, 0) is 67.6 Å². The lowest BCUT2D eigenvalue weighted by Crippen LogP contribution is -2.28. The van der Waals surface area contributed by atoms with Gasteiger partial charge in [0.2, 0.25) is 5.69 Å². The molecule has 4 aromatic rings. The first-order chi connectivity index (χ1) is 22.4. The Morgan fingerprint density at radius 1 is 1.00 bits per heavy atom. The predicted octanol–water partition coefficient (Wildman–Crippen LogP) is 7.36. The molecule has 0 spiro atoms. The molecule has 0 unspecified atom stereocenters. The van der Waals surface area contributed by atoms with Crippen LogP contribution in [0.4, 0.5) is 11.4 Å². The quantitative estimate of drug-likeness (QED) is 0.112. The Bertz CT molecular complexity index is 2320. The van der Waals surface area contributed by atoms with E-state index in [9.17, 15) is 35.8 Å². The lowest BCUT2D eigenvalue weighted by molar-refractivity contribution is -0.435. The number of anilines is 1. The zero-order valence-corrected chi connectivity index (χ0v) is 30.4. The minimum Gasteiger partial charge on any atom is -0.478 e. The van der Waals surface area contributed by atoms with Crippen LogP contribution in [-0.2, 0) is 31.1 Å². The first kappa shape index (κ1) is 34.5. The Balaban J connectivity index is 1.51. The number of hydrogen-bond acceptors (Lipinski definition) is 8.